The van der Waals surface area contributed by atoms with Crippen LogP contribution in [0.25, 0.3) is 11.1 Å². The van der Waals surface area contributed by atoms with Crippen molar-refractivity contribution in [3.8, 4) is 16.9 Å². The van der Waals surface area contributed by atoms with E-state index in [1.165, 1.54) is 31.6 Å². The van der Waals surface area contributed by atoms with Crippen LogP contribution in [-0.2, 0) is 17.8 Å². The van der Waals surface area contributed by atoms with Crippen molar-refractivity contribution in [2.45, 2.75) is 18.7 Å². The molecule has 5 N–H and O–H groups in total. The third-order valence-electron chi connectivity index (χ3n) is 4.71. The van der Waals surface area contributed by atoms with Crippen molar-refractivity contribution in [2.24, 2.45) is 23.5 Å². The normalized spacial score (nSPS) is 13.2. The van der Waals surface area contributed by atoms with Crippen LogP contribution < -0.4 is 21.5 Å². The first-order valence-corrected chi connectivity index (χ1v) is 11.4. The number of aromatic nitrogens is 3. The zero-order valence-electron chi connectivity index (χ0n) is 19.0. The summed E-state index contributed by atoms with van der Waals surface area (Å²) in [5.74, 6) is 0.488. The minimum absolute atomic E-state index is 0.133. The molecule has 0 radical (unpaired) electrons. The highest BCUT2D eigenvalue weighted by Gasteiger charge is 2.21. The van der Waals surface area contributed by atoms with Gasteiger partial charge < -0.3 is 21.5 Å². The van der Waals surface area contributed by atoms with Crippen LogP contribution in [0.15, 0.2) is 52.3 Å². The molecule has 1 aromatic carbocycles. The van der Waals surface area contributed by atoms with E-state index in [4.69, 9.17) is 16.2 Å². The van der Waals surface area contributed by atoms with Gasteiger partial charge in [-0.05, 0) is 38.1 Å². The minimum atomic E-state index is -1.30. The number of hydrogen-bond donors (Lipinski definition) is 3. The summed E-state index contributed by atoms with van der Waals surface area (Å²) in [5, 5.41) is 7.25. The van der Waals surface area contributed by atoms with Gasteiger partial charge in [-0.15, -0.1) is 0 Å². The van der Waals surface area contributed by atoms with Gasteiger partial charge in [-0.3, -0.25) is 8.89 Å². The predicted octanol–water partition coefficient (Wildman–Crippen LogP) is 3.27. The minimum Gasteiger partial charge on any atom is -0.492 e. The number of methoxy groups -OCH3 is 1. The molecular formula is C22H26FN7O2S. The fourth-order valence-corrected chi connectivity index (χ4v) is 3.75. The molecule has 174 valence electrons. The Morgan fingerprint density at radius 3 is 2.64 bits per heavy atom. The number of allylic oxidation sites excluding steroid dienone is 1. The van der Waals surface area contributed by atoms with Crippen LogP contribution in [0.2, 0.25) is 0 Å². The van der Waals surface area contributed by atoms with Gasteiger partial charge in [0.05, 0.1) is 19.0 Å². The third kappa shape index (κ3) is 5.37. The highest BCUT2D eigenvalue weighted by atomic mass is 32.2. The lowest BCUT2D eigenvalue weighted by atomic mass is 10.0. The Balaban J connectivity index is 2.22. The Hall–Kier alpha value is -3.73. The number of nitrogens with two attached hydrogens (primary N) is 2. The Morgan fingerprint density at radius 1 is 1.36 bits per heavy atom. The smallest absolute Gasteiger partial charge is 0.199 e. The van der Waals surface area contributed by atoms with E-state index in [1.807, 2.05) is 13.1 Å². The molecule has 2 heterocycles. The van der Waals surface area contributed by atoms with Gasteiger partial charge in [-0.2, -0.15) is 5.10 Å². The monoisotopic (exact) mass is 471 g/mol. The number of anilines is 2. The van der Waals surface area contributed by atoms with Crippen molar-refractivity contribution in [3.05, 3.63) is 53.7 Å². The molecule has 0 aliphatic carbocycles. The molecule has 0 amide bonds. The zero-order chi connectivity index (χ0) is 24.3. The molecule has 0 aliphatic heterocycles. The fourth-order valence-electron chi connectivity index (χ4n) is 3.22. The average Bonchev–Trinajstić information content (AvgIpc) is 3.16. The van der Waals surface area contributed by atoms with Crippen molar-refractivity contribution in [3.63, 3.8) is 0 Å². The molecule has 33 heavy (non-hydrogen) atoms. The number of benzene rings is 1. The van der Waals surface area contributed by atoms with Crippen molar-refractivity contribution in [1.82, 2.24) is 14.8 Å². The molecule has 2 aromatic heterocycles. The highest BCUT2D eigenvalue weighted by Crippen LogP contribution is 2.42. The SMILES string of the molecule is COc1c(/N=C(N)\C=C(\C)N)nc(Nc2ccc(S(C)=O)cc2F)c(C)c1-c1cnn(C)c1. The number of aliphatic imine (C=N–C) groups is 1. The highest BCUT2D eigenvalue weighted by molar-refractivity contribution is 7.84. The van der Waals surface area contributed by atoms with Gasteiger partial charge in [0.1, 0.15) is 17.5 Å². The Labute approximate surface area is 193 Å². The van der Waals surface area contributed by atoms with Crippen LogP contribution >= 0.6 is 0 Å². The van der Waals surface area contributed by atoms with Crippen LogP contribution in [0.1, 0.15) is 12.5 Å². The van der Waals surface area contributed by atoms with Crippen LogP contribution in [0.3, 0.4) is 0 Å². The molecule has 3 aromatic rings. The summed E-state index contributed by atoms with van der Waals surface area (Å²) in [6.45, 7) is 3.51. The number of aryl methyl sites for hydroxylation is 1. The van der Waals surface area contributed by atoms with Gasteiger partial charge in [-0.25, -0.2) is 14.4 Å². The first-order chi connectivity index (χ1) is 15.6. The number of halogens is 1. The van der Waals surface area contributed by atoms with Crippen LogP contribution in [0.5, 0.6) is 5.75 Å². The van der Waals surface area contributed by atoms with Crippen molar-refractivity contribution in [2.75, 3.05) is 18.7 Å². The molecule has 0 aliphatic rings. The summed E-state index contributed by atoms with van der Waals surface area (Å²) < 4.78 is 33.7. The maximum Gasteiger partial charge on any atom is 0.199 e. The largest absolute Gasteiger partial charge is 0.492 e. The summed E-state index contributed by atoms with van der Waals surface area (Å²) in [7, 11) is 2.00. The first-order valence-electron chi connectivity index (χ1n) is 9.86. The average molecular weight is 472 g/mol. The Morgan fingerprint density at radius 2 is 2.09 bits per heavy atom. The van der Waals surface area contributed by atoms with Crippen LogP contribution in [0.4, 0.5) is 21.7 Å². The molecule has 1 unspecified atom stereocenters. The van der Waals surface area contributed by atoms with E-state index in [0.29, 0.717) is 33.3 Å². The number of nitrogens with zero attached hydrogens (tertiary/aromatic N) is 4. The lowest BCUT2D eigenvalue weighted by Gasteiger charge is -2.18. The molecule has 0 bridgehead atoms. The van der Waals surface area contributed by atoms with E-state index in [1.54, 1.807) is 30.9 Å². The van der Waals surface area contributed by atoms with E-state index in [-0.39, 0.29) is 17.3 Å². The number of hydrogen-bond acceptors (Lipinski definition) is 7. The molecule has 0 fully saturated rings. The van der Waals surface area contributed by atoms with Crippen molar-refractivity contribution < 1.29 is 13.3 Å². The molecular weight excluding hydrogens is 445 g/mol. The second-order valence-electron chi connectivity index (χ2n) is 7.37. The third-order valence-corrected chi connectivity index (χ3v) is 5.63. The fraction of sp³-hybridized carbons (Fsp3) is 0.227. The summed E-state index contributed by atoms with van der Waals surface area (Å²) in [6.07, 6.45) is 6.49. The first kappa shape index (κ1) is 23.9. The van der Waals surface area contributed by atoms with E-state index in [2.05, 4.69) is 20.4 Å². The lowest BCUT2D eigenvalue weighted by Crippen LogP contribution is -2.11. The van der Waals surface area contributed by atoms with E-state index in [0.717, 1.165) is 5.56 Å². The van der Waals surface area contributed by atoms with Crippen molar-refractivity contribution >= 4 is 34.0 Å². The van der Waals surface area contributed by atoms with Gasteiger partial charge in [-0.1, -0.05) is 0 Å². The molecule has 3 rings (SSSR count). The zero-order valence-corrected chi connectivity index (χ0v) is 19.8. The lowest BCUT2D eigenvalue weighted by molar-refractivity contribution is 0.416. The van der Waals surface area contributed by atoms with Gasteiger partial charge in [0.25, 0.3) is 0 Å². The van der Waals surface area contributed by atoms with E-state index >= 15 is 0 Å². The number of amidine groups is 1. The molecule has 0 spiro atoms. The molecule has 1 atom stereocenters. The molecule has 0 saturated heterocycles. The van der Waals surface area contributed by atoms with Crippen molar-refractivity contribution in [1.29, 1.82) is 0 Å². The number of pyridine rings is 1. The molecule has 11 heteroatoms. The van der Waals surface area contributed by atoms with E-state index in [9.17, 15) is 8.60 Å². The number of nitrogens with one attached hydrogen (secondary N) is 1. The summed E-state index contributed by atoms with van der Waals surface area (Å²) in [6, 6.07) is 4.33. The second kappa shape index (κ2) is 9.82. The maximum atomic E-state index is 14.7. The topological polar surface area (TPSA) is 133 Å². The van der Waals surface area contributed by atoms with Gasteiger partial charge in [0.2, 0.25) is 0 Å². The number of ether oxygens (including phenoxy) is 1. The maximum absolute atomic E-state index is 14.7. The Bertz CT molecular complexity index is 1280. The predicted molar refractivity (Wildman–Crippen MR) is 129 cm³/mol. The molecule has 9 nitrogen and oxygen atoms in total. The Kier molecular flexibility index (Phi) is 7.12. The summed E-state index contributed by atoms with van der Waals surface area (Å²) >= 11 is 0. The number of rotatable bonds is 7. The summed E-state index contributed by atoms with van der Waals surface area (Å²) in [4.78, 5) is 9.30. The van der Waals surface area contributed by atoms with Gasteiger partial charge >= 0.3 is 0 Å². The second-order valence-corrected chi connectivity index (χ2v) is 8.75. The van der Waals surface area contributed by atoms with Gasteiger partial charge in [0.15, 0.2) is 11.6 Å². The van der Waals surface area contributed by atoms with Gasteiger partial charge in [0, 0.05) is 57.6 Å². The summed E-state index contributed by atoms with van der Waals surface area (Å²) in [5.41, 5.74) is 14.5. The van der Waals surface area contributed by atoms with Crippen LogP contribution in [-0.4, -0.2) is 38.2 Å². The quantitative estimate of drug-likeness (QED) is 0.356. The molecule has 0 saturated carbocycles. The standard InChI is InChI=1S/C22H26FN7O2S/c1-12(24)8-18(25)28-22-20(32-4)19(14-10-26-30(3)11-14)13(2)21(29-22)27-17-7-6-15(33(5)31)9-16(17)23/h6-11H,24H2,1-5H3,(H3,25,27,28,29)/b12-8-. The van der Waals surface area contributed by atoms with E-state index < -0.39 is 16.6 Å². The van der Waals surface area contributed by atoms with Crippen LogP contribution in [0, 0.1) is 12.7 Å².